The molecule has 0 aliphatic heterocycles. The Morgan fingerprint density at radius 1 is 1.29 bits per heavy atom. The summed E-state index contributed by atoms with van der Waals surface area (Å²) < 4.78 is 1.15. The number of nitrogens with one attached hydrogen (secondary N) is 1. The maximum atomic E-state index is 12.2. The standard InChI is InChI=1S/C16H16N2OS2/c1-3-11-8-14(20-10(11)2)16(19)17-9-15-18-12-6-4-5-7-13(12)21-15/h4-8H,3,9H2,1-2H3,(H,17,19). The quantitative estimate of drug-likeness (QED) is 0.785. The normalized spacial score (nSPS) is 11.0. The van der Waals surface area contributed by atoms with E-state index in [1.54, 1.807) is 22.7 Å². The zero-order valence-corrected chi connectivity index (χ0v) is 13.6. The van der Waals surface area contributed by atoms with E-state index in [-0.39, 0.29) is 5.91 Å². The van der Waals surface area contributed by atoms with Crippen LogP contribution in [0.15, 0.2) is 30.3 Å². The van der Waals surface area contributed by atoms with Crippen molar-refractivity contribution in [1.29, 1.82) is 0 Å². The molecule has 0 spiro atoms. The van der Waals surface area contributed by atoms with Crippen LogP contribution in [0.3, 0.4) is 0 Å². The molecule has 2 aromatic heterocycles. The van der Waals surface area contributed by atoms with Crippen molar-refractivity contribution in [2.24, 2.45) is 0 Å². The average Bonchev–Trinajstić information content (AvgIpc) is 3.07. The minimum absolute atomic E-state index is 0.0120. The summed E-state index contributed by atoms with van der Waals surface area (Å²) in [7, 11) is 0. The number of amides is 1. The first-order valence-corrected chi connectivity index (χ1v) is 8.52. The number of aryl methyl sites for hydroxylation is 2. The molecule has 5 heteroatoms. The molecule has 1 amide bonds. The highest BCUT2D eigenvalue weighted by Crippen LogP contribution is 2.23. The predicted molar refractivity (Wildman–Crippen MR) is 89.2 cm³/mol. The van der Waals surface area contributed by atoms with Crippen molar-refractivity contribution in [3.8, 4) is 0 Å². The molecule has 0 unspecified atom stereocenters. The van der Waals surface area contributed by atoms with Crippen LogP contribution < -0.4 is 5.32 Å². The molecule has 21 heavy (non-hydrogen) atoms. The molecule has 3 nitrogen and oxygen atoms in total. The van der Waals surface area contributed by atoms with E-state index in [0.29, 0.717) is 6.54 Å². The molecular weight excluding hydrogens is 300 g/mol. The summed E-state index contributed by atoms with van der Waals surface area (Å²) in [6, 6.07) is 10.0. The van der Waals surface area contributed by atoms with Crippen molar-refractivity contribution in [2.45, 2.75) is 26.8 Å². The third-order valence-electron chi connectivity index (χ3n) is 3.36. The smallest absolute Gasteiger partial charge is 0.261 e. The van der Waals surface area contributed by atoms with E-state index in [1.807, 2.05) is 24.3 Å². The SMILES string of the molecule is CCc1cc(C(=O)NCc2nc3ccccc3s2)sc1C. The lowest BCUT2D eigenvalue weighted by atomic mass is 10.2. The second-order valence-corrected chi connectivity index (χ2v) is 7.18. The molecule has 0 saturated heterocycles. The van der Waals surface area contributed by atoms with Crippen molar-refractivity contribution >= 4 is 38.8 Å². The minimum Gasteiger partial charge on any atom is -0.345 e. The van der Waals surface area contributed by atoms with Crippen molar-refractivity contribution in [3.05, 3.63) is 50.7 Å². The Kier molecular flexibility index (Phi) is 4.03. The largest absolute Gasteiger partial charge is 0.345 e. The van der Waals surface area contributed by atoms with E-state index in [4.69, 9.17) is 0 Å². The number of fused-ring (bicyclic) bond motifs is 1. The number of benzene rings is 1. The number of carbonyl (C=O) groups excluding carboxylic acids is 1. The van der Waals surface area contributed by atoms with Crippen LogP contribution in [0, 0.1) is 6.92 Å². The van der Waals surface area contributed by atoms with Crippen molar-refractivity contribution < 1.29 is 4.79 Å². The Morgan fingerprint density at radius 3 is 2.81 bits per heavy atom. The Labute approximate surface area is 131 Å². The molecule has 1 aromatic carbocycles. The summed E-state index contributed by atoms with van der Waals surface area (Å²) in [5.74, 6) is -0.0120. The molecule has 3 aromatic rings. The molecule has 3 rings (SSSR count). The number of para-hydroxylation sites is 1. The van der Waals surface area contributed by atoms with E-state index < -0.39 is 0 Å². The lowest BCUT2D eigenvalue weighted by molar-refractivity contribution is 0.0955. The minimum atomic E-state index is -0.0120. The van der Waals surface area contributed by atoms with Gasteiger partial charge in [-0.15, -0.1) is 22.7 Å². The fourth-order valence-electron chi connectivity index (χ4n) is 2.22. The zero-order chi connectivity index (χ0) is 14.8. The molecular formula is C16H16N2OS2. The number of thiazole rings is 1. The average molecular weight is 316 g/mol. The van der Waals surface area contributed by atoms with Crippen molar-refractivity contribution in [3.63, 3.8) is 0 Å². The van der Waals surface area contributed by atoms with Gasteiger partial charge in [-0.2, -0.15) is 0 Å². The highest BCUT2D eigenvalue weighted by molar-refractivity contribution is 7.18. The van der Waals surface area contributed by atoms with Gasteiger partial charge in [0.15, 0.2) is 0 Å². The molecule has 1 N–H and O–H groups in total. The van der Waals surface area contributed by atoms with Gasteiger partial charge in [0.05, 0.1) is 21.6 Å². The fraction of sp³-hybridized carbons (Fsp3) is 0.250. The Morgan fingerprint density at radius 2 is 2.10 bits per heavy atom. The van der Waals surface area contributed by atoms with E-state index in [1.165, 1.54) is 10.4 Å². The molecule has 0 bridgehead atoms. The molecule has 2 heterocycles. The lowest BCUT2D eigenvalue weighted by Crippen LogP contribution is -2.21. The van der Waals surface area contributed by atoms with Gasteiger partial charge in [-0.25, -0.2) is 4.98 Å². The number of hydrogen-bond acceptors (Lipinski definition) is 4. The van der Waals surface area contributed by atoms with Gasteiger partial charge in [0.25, 0.3) is 5.91 Å². The fourth-order valence-corrected chi connectivity index (χ4v) is 4.16. The molecule has 0 saturated carbocycles. The van der Waals surface area contributed by atoms with Crippen LogP contribution in [0.5, 0.6) is 0 Å². The maximum Gasteiger partial charge on any atom is 0.261 e. The number of hydrogen-bond donors (Lipinski definition) is 1. The van der Waals surface area contributed by atoms with Crippen LogP contribution in [0.1, 0.15) is 32.0 Å². The van der Waals surface area contributed by atoms with Crippen LogP contribution in [0.2, 0.25) is 0 Å². The third kappa shape index (κ3) is 2.99. The predicted octanol–water partition coefficient (Wildman–Crippen LogP) is 4.16. The van der Waals surface area contributed by atoms with Gasteiger partial charge >= 0.3 is 0 Å². The second kappa shape index (κ2) is 5.95. The summed E-state index contributed by atoms with van der Waals surface area (Å²) >= 11 is 3.18. The summed E-state index contributed by atoms with van der Waals surface area (Å²) in [4.78, 5) is 18.7. The lowest BCUT2D eigenvalue weighted by Gasteiger charge is -1.99. The summed E-state index contributed by atoms with van der Waals surface area (Å²) in [5.41, 5.74) is 2.25. The highest BCUT2D eigenvalue weighted by Gasteiger charge is 2.12. The molecule has 0 aliphatic rings. The first-order valence-electron chi connectivity index (χ1n) is 6.89. The van der Waals surface area contributed by atoms with Crippen molar-refractivity contribution in [2.75, 3.05) is 0 Å². The third-order valence-corrected chi connectivity index (χ3v) is 5.49. The molecule has 0 radical (unpaired) electrons. The van der Waals surface area contributed by atoms with Crippen LogP contribution in [0.4, 0.5) is 0 Å². The topological polar surface area (TPSA) is 42.0 Å². The number of nitrogens with zero attached hydrogens (tertiary/aromatic N) is 1. The van der Waals surface area contributed by atoms with Crippen LogP contribution in [-0.4, -0.2) is 10.9 Å². The first-order chi connectivity index (χ1) is 10.2. The summed E-state index contributed by atoms with van der Waals surface area (Å²) in [5, 5.41) is 3.90. The second-order valence-electron chi connectivity index (χ2n) is 4.80. The molecule has 0 aliphatic carbocycles. The van der Waals surface area contributed by atoms with Gasteiger partial charge < -0.3 is 5.32 Å². The van der Waals surface area contributed by atoms with Gasteiger partial charge in [-0.3, -0.25) is 4.79 Å². The number of rotatable bonds is 4. The van der Waals surface area contributed by atoms with Crippen LogP contribution in [0.25, 0.3) is 10.2 Å². The van der Waals surface area contributed by atoms with E-state index in [0.717, 1.165) is 26.5 Å². The summed E-state index contributed by atoms with van der Waals surface area (Å²) in [6.07, 6.45) is 0.966. The number of aromatic nitrogens is 1. The Balaban J connectivity index is 1.70. The Hall–Kier alpha value is -1.72. The first kappa shape index (κ1) is 14.2. The highest BCUT2D eigenvalue weighted by atomic mass is 32.1. The number of thiophene rings is 1. The van der Waals surface area contributed by atoms with Crippen LogP contribution in [-0.2, 0) is 13.0 Å². The van der Waals surface area contributed by atoms with E-state index in [2.05, 4.69) is 30.2 Å². The Bertz CT molecular complexity index is 756. The molecule has 0 fully saturated rings. The number of carbonyl (C=O) groups is 1. The molecule has 0 atom stereocenters. The van der Waals surface area contributed by atoms with Gasteiger partial charge in [0.1, 0.15) is 5.01 Å². The van der Waals surface area contributed by atoms with E-state index >= 15 is 0 Å². The van der Waals surface area contributed by atoms with Crippen LogP contribution >= 0.6 is 22.7 Å². The maximum absolute atomic E-state index is 12.2. The van der Waals surface area contributed by atoms with Gasteiger partial charge in [0.2, 0.25) is 0 Å². The van der Waals surface area contributed by atoms with Gasteiger partial charge in [0, 0.05) is 4.88 Å². The zero-order valence-electron chi connectivity index (χ0n) is 12.0. The summed E-state index contributed by atoms with van der Waals surface area (Å²) in [6.45, 7) is 4.66. The van der Waals surface area contributed by atoms with Gasteiger partial charge in [-0.1, -0.05) is 19.1 Å². The molecule has 108 valence electrons. The monoisotopic (exact) mass is 316 g/mol. The van der Waals surface area contributed by atoms with Gasteiger partial charge in [-0.05, 0) is 37.1 Å². The van der Waals surface area contributed by atoms with E-state index in [9.17, 15) is 4.79 Å². The van der Waals surface area contributed by atoms with Crippen molar-refractivity contribution in [1.82, 2.24) is 10.3 Å².